The lowest BCUT2D eigenvalue weighted by Gasteiger charge is -2.28. The van der Waals surface area contributed by atoms with Crippen LogP contribution in [0.25, 0.3) is 0 Å². The Morgan fingerprint density at radius 2 is 2.09 bits per heavy atom. The minimum Gasteiger partial charge on any atom is -0.303 e. The third-order valence-electron chi connectivity index (χ3n) is 2.17. The molecule has 64 valence electrons. The van der Waals surface area contributed by atoms with Crippen molar-refractivity contribution in [2.75, 3.05) is 11.5 Å². The van der Waals surface area contributed by atoms with Crippen molar-refractivity contribution < 1.29 is 4.79 Å². The monoisotopic (exact) mass is 190 g/mol. The van der Waals surface area contributed by atoms with Crippen LogP contribution >= 0.6 is 23.5 Å². The van der Waals surface area contributed by atoms with Gasteiger partial charge in [-0.05, 0) is 6.42 Å². The van der Waals surface area contributed by atoms with Gasteiger partial charge in [-0.3, -0.25) is 0 Å². The first kappa shape index (κ1) is 9.46. The predicted octanol–water partition coefficient (Wildman–Crippen LogP) is 2.41. The third-order valence-corrected chi connectivity index (χ3v) is 6.25. The van der Waals surface area contributed by atoms with E-state index in [0.717, 1.165) is 12.7 Å². The van der Waals surface area contributed by atoms with Gasteiger partial charge in [0.15, 0.2) is 0 Å². The molecule has 0 spiro atoms. The molecule has 1 rings (SSSR count). The van der Waals surface area contributed by atoms with Crippen LogP contribution in [0.3, 0.4) is 0 Å². The number of thioether (sulfide) groups is 2. The standard InChI is InChI=1S/C8H14OS2/c1-3-8(7(2)6-9)10-4-5-11-8/h6-7H,3-5H2,1-2H3/t7-/m1/s1. The molecule has 0 aliphatic carbocycles. The first-order valence-electron chi connectivity index (χ1n) is 3.98. The van der Waals surface area contributed by atoms with Crippen molar-refractivity contribution in [3.63, 3.8) is 0 Å². The van der Waals surface area contributed by atoms with Crippen molar-refractivity contribution in [3.8, 4) is 0 Å². The third kappa shape index (κ3) is 1.75. The van der Waals surface area contributed by atoms with E-state index in [1.54, 1.807) is 0 Å². The molecule has 1 heterocycles. The highest BCUT2D eigenvalue weighted by Crippen LogP contribution is 2.50. The summed E-state index contributed by atoms with van der Waals surface area (Å²) in [7, 11) is 0. The van der Waals surface area contributed by atoms with E-state index in [0.29, 0.717) is 0 Å². The molecule has 0 amide bonds. The van der Waals surface area contributed by atoms with Gasteiger partial charge in [0.1, 0.15) is 6.29 Å². The average Bonchev–Trinajstić information content (AvgIpc) is 2.52. The molecule has 0 bridgehead atoms. The molecule has 0 saturated carbocycles. The van der Waals surface area contributed by atoms with Crippen molar-refractivity contribution in [2.45, 2.75) is 24.3 Å². The summed E-state index contributed by atoms with van der Waals surface area (Å²) < 4.78 is 0.210. The zero-order valence-electron chi connectivity index (χ0n) is 7.00. The van der Waals surface area contributed by atoms with Crippen LogP contribution in [0.1, 0.15) is 20.3 Å². The van der Waals surface area contributed by atoms with E-state index in [2.05, 4.69) is 6.92 Å². The number of hydrogen-bond donors (Lipinski definition) is 0. The fourth-order valence-corrected chi connectivity index (χ4v) is 4.60. The summed E-state index contributed by atoms with van der Waals surface area (Å²) in [6.07, 6.45) is 2.19. The maximum absolute atomic E-state index is 10.6. The second kappa shape index (κ2) is 3.85. The van der Waals surface area contributed by atoms with E-state index >= 15 is 0 Å². The van der Waals surface area contributed by atoms with Crippen LogP contribution in [0.15, 0.2) is 0 Å². The van der Waals surface area contributed by atoms with Gasteiger partial charge in [-0.2, -0.15) is 0 Å². The van der Waals surface area contributed by atoms with Crippen LogP contribution in [0.5, 0.6) is 0 Å². The largest absolute Gasteiger partial charge is 0.303 e. The van der Waals surface area contributed by atoms with Crippen molar-refractivity contribution in [3.05, 3.63) is 0 Å². The highest BCUT2D eigenvalue weighted by Gasteiger charge is 2.38. The maximum atomic E-state index is 10.6. The first-order chi connectivity index (χ1) is 5.25. The second-order valence-electron chi connectivity index (χ2n) is 2.79. The average molecular weight is 190 g/mol. The number of rotatable bonds is 3. The van der Waals surface area contributed by atoms with Crippen LogP contribution < -0.4 is 0 Å². The number of carbonyl (C=O) groups excluding carboxylic acids is 1. The molecule has 3 heteroatoms. The Labute approximate surface area is 76.7 Å². The highest BCUT2D eigenvalue weighted by atomic mass is 32.2. The van der Waals surface area contributed by atoms with Gasteiger partial charge in [-0.15, -0.1) is 23.5 Å². The summed E-state index contributed by atoms with van der Waals surface area (Å²) in [6, 6.07) is 0. The first-order valence-corrected chi connectivity index (χ1v) is 5.95. The molecule has 1 aliphatic rings. The van der Waals surface area contributed by atoms with Gasteiger partial charge in [0, 0.05) is 17.4 Å². The number of aldehydes is 1. The van der Waals surface area contributed by atoms with Crippen LogP contribution in [-0.4, -0.2) is 21.9 Å². The van der Waals surface area contributed by atoms with Gasteiger partial charge in [-0.1, -0.05) is 13.8 Å². The van der Waals surface area contributed by atoms with Gasteiger partial charge in [0.2, 0.25) is 0 Å². The zero-order valence-corrected chi connectivity index (χ0v) is 8.63. The molecule has 0 aromatic rings. The quantitative estimate of drug-likeness (QED) is 0.636. The molecule has 1 nitrogen and oxygen atoms in total. The summed E-state index contributed by atoms with van der Waals surface area (Å²) in [4.78, 5) is 10.6. The lowest BCUT2D eigenvalue weighted by Crippen LogP contribution is -2.26. The number of hydrogen-bond acceptors (Lipinski definition) is 3. The van der Waals surface area contributed by atoms with Crippen LogP contribution in [-0.2, 0) is 4.79 Å². The minimum atomic E-state index is 0.199. The summed E-state index contributed by atoms with van der Waals surface area (Å²) in [5, 5.41) is 0. The van der Waals surface area contributed by atoms with Crippen molar-refractivity contribution in [1.82, 2.24) is 0 Å². The summed E-state index contributed by atoms with van der Waals surface area (Å²) in [5.41, 5.74) is 0. The fourth-order valence-electron chi connectivity index (χ4n) is 1.36. The predicted molar refractivity (Wildman–Crippen MR) is 53.2 cm³/mol. The Kier molecular flexibility index (Phi) is 3.31. The Morgan fingerprint density at radius 1 is 1.55 bits per heavy atom. The minimum absolute atomic E-state index is 0.199. The molecule has 0 radical (unpaired) electrons. The van der Waals surface area contributed by atoms with E-state index in [-0.39, 0.29) is 10.00 Å². The van der Waals surface area contributed by atoms with Gasteiger partial charge in [-0.25, -0.2) is 0 Å². The molecule has 1 aliphatic heterocycles. The number of carbonyl (C=O) groups is 1. The van der Waals surface area contributed by atoms with Gasteiger partial charge >= 0.3 is 0 Å². The van der Waals surface area contributed by atoms with E-state index in [1.165, 1.54) is 11.5 Å². The van der Waals surface area contributed by atoms with Gasteiger partial charge < -0.3 is 4.79 Å². The van der Waals surface area contributed by atoms with Crippen molar-refractivity contribution >= 4 is 29.8 Å². The normalized spacial score (nSPS) is 24.9. The molecular formula is C8H14OS2. The van der Waals surface area contributed by atoms with E-state index in [4.69, 9.17) is 0 Å². The Morgan fingerprint density at radius 3 is 2.45 bits per heavy atom. The smallest absolute Gasteiger partial charge is 0.125 e. The molecule has 1 fully saturated rings. The summed E-state index contributed by atoms with van der Waals surface area (Å²) in [5.74, 6) is 2.61. The Hall–Kier alpha value is 0.370. The summed E-state index contributed by atoms with van der Waals surface area (Å²) in [6.45, 7) is 4.20. The molecule has 11 heavy (non-hydrogen) atoms. The van der Waals surface area contributed by atoms with Crippen LogP contribution in [0.2, 0.25) is 0 Å². The molecule has 1 saturated heterocycles. The Bertz CT molecular complexity index is 141. The molecule has 0 N–H and O–H groups in total. The molecular weight excluding hydrogens is 176 g/mol. The molecule has 0 aromatic carbocycles. The molecule has 0 aromatic heterocycles. The molecule has 0 unspecified atom stereocenters. The SMILES string of the molecule is CCC1([C@H](C)C=O)SCCS1. The second-order valence-corrected chi connectivity index (χ2v) is 5.90. The van der Waals surface area contributed by atoms with Crippen LogP contribution in [0, 0.1) is 5.92 Å². The van der Waals surface area contributed by atoms with Crippen molar-refractivity contribution in [1.29, 1.82) is 0 Å². The Balaban J connectivity index is 2.65. The van der Waals surface area contributed by atoms with Crippen molar-refractivity contribution in [2.24, 2.45) is 5.92 Å². The summed E-state index contributed by atoms with van der Waals surface area (Å²) >= 11 is 3.91. The van der Waals surface area contributed by atoms with Crippen LogP contribution in [0.4, 0.5) is 0 Å². The van der Waals surface area contributed by atoms with E-state index in [1.807, 2.05) is 30.4 Å². The lowest BCUT2D eigenvalue weighted by molar-refractivity contribution is -0.110. The van der Waals surface area contributed by atoms with E-state index < -0.39 is 0 Å². The zero-order chi connectivity index (χ0) is 8.32. The van der Waals surface area contributed by atoms with Gasteiger partial charge in [0.05, 0.1) is 4.08 Å². The maximum Gasteiger partial charge on any atom is 0.125 e. The lowest BCUT2D eigenvalue weighted by atomic mass is 10.1. The van der Waals surface area contributed by atoms with Gasteiger partial charge in [0.25, 0.3) is 0 Å². The molecule has 1 atom stereocenters. The van der Waals surface area contributed by atoms with E-state index in [9.17, 15) is 4.79 Å². The topological polar surface area (TPSA) is 17.1 Å². The fraction of sp³-hybridized carbons (Fsp3) is 0.875. The highest BCUT2D eigenvalue weighted by molar-refractivity contribution is 8.21.